The van der Waals surface area contributed by atoms with Crippen LogP contribution in [0.1, 0.15) is 13.3 Å². The van der Waals surface area contributed by atoms with Gasteiger partial charge in [0.25, 0.3) is 0 Å². The molecule has 2 unspecified atom stereocenters. The molecule has 0 aliphatic carbocycles. The Morgan fingerprint density at radius 3 is 2.56 bits per heavy atom. The second kappa shape index (κ2) is 7.15. The fourth-order valence-corrected chi connectivity index (χ4v) is 3.92. The first kappa shape index (κ1) is 13.9. The number of benzene rings is 1. The maximum atomic E-state index is 6.24. The van der Waals surface area contributed by atoms with Crippen LogP contribution >= 0.6 is 23.4 Å². The van der Waals surface area contributed by atoms with E-state index in [0.29, 0.717) is 24.5 Å². The van der Waals surface area contributed by atoms with Gasteiger partial charge in [0.1, 0.15) is 0 Å². The lowest BCUT2D eigenvalue weighted by atomic mass is 10.1. The Balaban J connectivity index is 1.82. The Kier molecular flexibility index (Phi) is 5.51. The summed E-state index contributed by atoms with van der Waals surface area (Å²) in [5, 5.41) is 0.306. The van der Waals surface area contributed by atoms with E-state index < -0.39 is 0 Å². The Morgan fingerprint density at radius 2 is 1.94 bits per heavy atom. The number of para-hydroxylation sites is 2. The van der Waals surface area contributed by atoms with Gasteiger partial charge in [-0.05, 0) is 37.1 Å². The van der Waals surface area contributed by atoms with E-state index in [2.05, 4.69) is 0 Å². The molecule has 1 heterocycles. The Morgan fingerprint density at radius 1 is 1.22 bits per heavy atom. The fraction of sp³-hybridized carbons (Fsp3) is 0.571. The molecule has 0 spiro atoms. The summed E-state index contributed by atoms with van der Waals surface area (Å²) in [6, 6.07) is 7.81. The molecule has 2 atom stereocenters. The van der Waals surface area contributed by atoms with Gasteiger partial charge in [-0.15, -0.1) is 11.6 Å². The number of halogens is 1. The van der Waals surface area contributed by atoms with Crippen molar-refractivity contribution in [1.82, 2.24) is 0 Å². The first-order chi connectivity index (χ1) is 8.81. The van der Waals surface area contributed by atoms with Crippen LogP contribution in [0, 0.1) is 5.92 Å². The third kappa shape index (κ3) is 3.72. The van der Waals surface area contributed by atoms with Crippen LogP contribution in [0.3, 0.4) is 0 Å². The summed E-state index contributed by atoms with van der Waals surface area (Å²) in [6.45, 7) is 3.34. The maximum absolute atomic E-state index is 6.24. The Bertz CT molecular complexity index is 373. The summed E-state index contributed by atoms with van der Waals surface area (Å²) in [7, 11) is 0. The minimum atomic E-state index is 0.306. The van der Waals surface area contributed by atoms with E-state index in [0.717, 1.165) is 29.4 Å². The SMILES string of the molecule is CCOc1ccccc1OCCC1CSCC1Cl. The maximum Gasteiger partial charge on any atom is 0.161 e. The third-order valence-electron chi connectivity index (χ3n) is 3.02. The lowest BCUT2D eigenvalue weighted by Crippen LogP contribution is -2.15. The predicted molar refractivity (Wildman–Crippen MR) is 78.2 cm³/mol. The van der Waals surface area contributed by atoms with Crippen LogP contribution in [-0.4, -0.2) is 30.1 Å². The number of thioether (sulfide) groups is 1. The molecule has 0 amide bonds. The highest BCUT2D eigenvalue weighted by Crippen LogP contribution is 2.32. The minimum Gasteiger partial charge on any atom is -0.490 e. The van der Waals surface area contributed by atoms with Crippen LogP contribution in [0.2, 0.25) is 0 Å². The van der Waals surface area contributed by atoms with Gasteiger partial charge < -0.3 is 9.47 Å². The third-order valence-corrected chi connectivity index (χ3v) is 4.97. The molecule has 0 N–H and O–H groups in total. The lowest BCUT2D eigenvalue weighted by molar-refractivity contribution is 0.260. The smallest absolute Gasteiger partial charge is 0.161 e. The highest BCUT2D eigenvalue weighted by Gasteiger charge is 2.25. The van der Waals surface area contributed by atoms with E-state index in [1.165, 1.54) is 0 Å². The van der Waals surface area contributed by atoms with Crippen LogP contribution in [-0.2, 0) is 0 Å². The summed E-state index contributed by atoms with van der Waals surface area (Å²) in [5.74, 6) is 4.46. The molecule has 0 saturated carbocycles. The molecule has 18 heavy (non-hydrogen) atoms. The van der Waals surface area contributed by atoms with E-state index in [-0.39, 0.29) is 0 Å². The highest BCUT2D eigenvalue weighted by atomic mass is 35.5. The van der Waals surface area contributed by atoms with Crippen LogP contribution in [0.25, 0.3) is 0 Å². The summed E-state index contributed by atoms with van der Waals surface area (Å²) >= 11 is 8.18. The number of rotatable bonds is 6. The number of alkyl halides is 1. The van der Waals surface area contributed by atoms with Crippen molar-refractivity contribution in [3.05, 3.63) is 24.3 Å². The molecule has 1 aliphatic heterocycles. The molecule has 1 aromatic carbocycles. The van der Waals surface area contributed by atoms with Crippen molar-refractivity contribution in [3.63, 3.8) is 0 Å². The number of ether oxygens (including phenoxy) is 2. The van der Waals surface area contributed by atoms with Crippen molar-refractivity contribution in [2.24, 2.45) is 5.92 Å². The van der Waals surface area contributed by atoms with Crippen LogP contribution in [0.4, 0.5) is 0 Å². The average Bonchev–Trinajstić information content (AvgIpc) is 2.78. The predicted octanol–water partition coefficient (Wildman–Crippen LogP) is 3.82. The van der Waals surface area contributed by atoms with Crippen LogP contribution in [0.15, 0.2) is 24.3 Å². The zero-order valence-corrected chi connectivity index (χ0v) is 12.2. The van der Waals surface area contributed by atoms with Crippen molar-refractivity contribution < 1.29 is 9.47 Å². The molecule has 4 heteroatoms. The molecule has 1 aromatic rings. The zero-order chi connectivity index (χ0) is 12.8. The molecule has 2 rings (SSSR count). The number of hydrogen-bond acceptors (Lipinski definition) is 3. The van der Waals surface area contributed by atoms with Gasteiger partial charge in [-0.25, -0.2) is 0 Å². The van der Waals surface area contributed by atoms with Gasteiger partial charge in [0, 0.05) is 11.1 Å². The van der Waals surface area contributed by atoms with Gasteiger partial charge in [0.2, 0.25) is 0 Å². The number of hydrogen-bond donors (Lipinski definition) is 0. The molecule has 0 aromatic heterocycles. The monoisotopic (exact) mass is 286 g/mol. The average molecular weight is 287 g/mol. The molecule has 1 fully saturated rings. The van der Waals surface area contributed by atoms with E-state index >= 15 is 0 Å². The molecule has 100 valence electrons. The van der Waals surface area contributed by atoms with E-state index in [1.807, 2.05) is 43.0 Å². The van der Waals surface area contributed by atoms with Crippen LogP contribution in [0.5, 0.6) is 11.5 Å². The summed E-state index contributed by atoms with van der Waals surface area (Å²) < 4.78 is 11.3. The molecule has 0 radical (unpaired) electrons. The summed E-state index contributed by atoms with van der Waals surface area (Å²) in [5.41, 5.74) is 0. The molecule has 1 saturated heterocycles. The minimum absolute atomic E-state index is 0.306. The van der Waals surface area contributed by atoms with E-state index in [1.54, 1.807) is 0 Å². The zero-order valence-electron chi connectivity index (χ0n) is 10.6. The van der Waals surface area contributed by atoms with Gasteiger partial charge >= 0.3 is 0 Å². The summed E-state index contributed by atoms with van der Waals surface area (Å²) in [4.78, 5) is 0. The van der Waals surface area contributed by atoms with Gasteiger partial charge in [-0.2, -0.15) is 11.8 Å². The molecular weight excluding hydrogens is 268 g/mol. The molecule has 1 aliphatic rings. The highest BCUT2D eigenvalue weighted by molar-refractivity contribution is 7.99. The summed E-state index contributed by atoms with van der Waals surface area (Å²) in [6.07, 6.45) is 1.02. The molecular formula is C14H19ClO2S. The van der Waals surface area contributed by atoms with E-state index in [9.17, 15) is 0 Å². The lowest BCUT2D eigenvalue weighted by Gasteiger charge is -2.15. The Labute approximate surface area is 118 Å². The van der Waals surface area contributed by atoms with Gasteiger partial charge in [0.05, 0.1) is 13.2 Å². The second-order valence-corrected chi connectivity index (χ2v) is 5.97. The van der Waals surface area contributed by atoms with Crippen molar-refractivity contribution in [2.45, 2.75) is 18.7 Å². The van der Waals surface area contributed by atoms with Crippen molar-refractivity contribution >= 4 is 23.4 Å². The first-order valence-corrected chi connectivity index (χ1v) is 7.96. The van der Waals surface area contributed by atoms with Gasteiger partial charge in [0.15, 0.2) is 11.5 Å². The molecule has 2 nitrogen and oxygen atoms in total. The van der Waals surface area contributed by atoms with Crippen molar-refractivity contribution in [3.8, 4) is 11.5 Å². The normalized spacial score (nSPS) is 23.0. The second-order valence-electron chi connectivity index (χ2n) is 4.33. The quantitative estimate of drug-likeness (QED) is 0.741. The van der Waals surface area contributed by atoms with Crippen molar-refractivity contribution in [2.75, 3.05) is 24.7 Å². The Hall–Kier alpha value is -0.540. The standard InChI is InChI=1S/C14H19ClO2S/c1-2-16-13-5-3-4-6-14(13)17-8-7-11-9-18-10-12(11)15/h3-6,11-12H,2,7-10H2,1H3. The van der Waals surface area contributed by atoms with Gasteiger partial charge in [-0.1, -0.05) is 12.1 Å². The largest absolute Gasteiger partial charge is 0.490 e. The van der Waals surface area contributed by atoms with Crippen LogP contribution < -0.4 is 9.47 Å². The first-order valence-electron chi connectivity index (χ1n) is 6.37. The van der Waals surface area contributed by atoms with Gasteiger partial charge in [-0.3, -0.25) is 0 Å². The fourth-order valence-electron chi connectivity index (χ4n) is 2.00. The van der Waals surface area contributed by atoms with E-state index in [4.69, 9.17) is 21.1 Å². The van der Waals surface area contributed by atoms with Crippen molar-refractivity contribution in [1.29, 1.82) is 0 Å². The molecule has 0 bridgehead atoms. The topological polar surface area (TPSA) is 18.5 Å².